The molecule has 1 atom stereocenters. The van der Waals surface area contributed by atoms with E-state index in [4.69, 9.17) is 5.21 Å². The fraction of sp³-hybridized carbons (Fsp3) is 0.333. The third-order valence-corrected chi connectivity index (χ3v) is 4.98. The second-order valence-electron chi connectivity index (χ2n) is 6.84. The van der Waals surface area contributed by atoms with Crippen molar-refractivity contribution in [2.24, 2.45) is 5.92 Å². The van der Waals surface area contributed by atoms with E-state index in [1.807, 2.05) is 30.3 Å². The maximum Gasteiger partial charge on any atom is 0.255 e. The summed E-state index contributed by atoms with van der Waals surface area (Å²) in [7, 11) is 0. The van der Waals surface area contributed by atoms with E-state index in [-0.39, 0.29) is 5.91 Å². The van der Waals surface area contributed by atoms with Gasteiger partial charge >= 0.3 is 0 Å². The van der Waals surface area contributed by atoms with E-state index in [0.717, 1.165) is 24.0 Å². The Morgan fingerprint density at radius 2 is 1.58 bits per heavy atom. The number of hydrogen-bond donors (Lipinski definition) is 3. The summed E-state index contributed by atoms with van der Waals surface area (Å²) < 4.78 is 0. The highest BCUT2D eigenvalue weighted by molar-refractivity contribution is 5.91. The zero-order chi connectivity index (χ0) is 18.4. The SMILES string of the molecule is O=C(CC1CCCC1)Nc1ccc(C(C(=O)NO)c2ccccc2)cc1. The summed E-state index contributed by atoms with van der Waals surface area (Å²) in [5, 5.41) is 12.0. The Bertz CT molecular complexity index is 738. The first-order valence-corrected chi connectivity index (χ1v) is 9.06. The van der Waals surface area contributed by atoms with Gasteiger partial charge in [0.1, 0.15) is 0 Å². The lowest BCUT2D eigenvalue weighted by Gasteiger charge is -2.16. The van der Waals surface area contributed by atoms with Crippen molar-refractivity contribution in [3.63, 3.8) is 0 Å². The van der Waals surface area contributed by atoms with Gasteiger partial charge in [-0.1, -0.05) is 55.3 Å². The van der Waals surface area contributed by atoms with Crippen LogP contribution in [-0.2, 0) is 9.59 Å². The topological polar surface area (TPSA) is 78.4 Å². The molecule has 0 aromatic heterocycles. The molecule has 0 bridgehead atoms. The molecule has 5 heteroatoms. The quantitative estimate of drug-likeness (QED) is 0.546. The molecule has 1 aliphatic carbocycles. The third-order valence-electron chi connectivity index (χ3n) is 4.98. The molecule has 0 radical (unpaired) electrons. The Kier molecular flexibility index (Phi) is 6.02. The number of rotatable bonds is 6. The Balaban J connectivity index is 1.70. The van der Waals surface area contributed by atoms with Gasteiger partial charge in [-0.05, 0) is 42.0 Å². The molecule has 0 heterocycles. The number of hydroxylamine groups is 1. The molecule has 136 valence electrons. The Labute approximate surface area is 153 Å². The lowest BCUT2D eigenvalue weighted by Crippen LogP contribution is -2.27. The summed E-state index contributed by atoms with van der Waals surface area (Å²) in [5.74, 6) is -0.555. The number of nitrogens with one attached hydrogen (secondary N) is 2. The average Bonchev–Trinajstić information content (AvgIpc) is 3.17. The first kappa shape index (κ1) is 18.1. The number of carbonyl (C=O) groups excluding carboxylic acids is 2. The van der Waals surface area contributed by atoms with Crippen LogP contribution in [0.5, 0.6) is 0 Å². The Morgan fingerprint density at radius 1 is 0.962 bits per heavy atom. The van der Waals surface area contributed by atoms with E-state index in [1.165, 1.54) is 12.8 Å². The molecule has 1 fully saturated rings. The van der Waals surface area contributed by atoms with Gasteiger partial charge in [0.05, 0.1) is 5.92 Å². The van der Waals surface area contributed by atoms with Crippen molar-refractivity contribution in [3.05, 3.63) is 65.7 Å². The summed E-state index contributed by atoms with van der Waals surface area (Å²) in [5.41, 5.74) is 3.99. The van der Waals surface area contributed by atoms with Crippen molar-refractivity contribution in [2.45, 2.75) is 38.0 Å². The highest BCUT2D eigenvalue weighted by Crippen LogP contribution is 2.28. The van der Waals surface area contributed by atoms with Crippen molar-refractivity contribution < 1.29 is 14.8 Å². The van der Waals surface area contributed by atoms with Gasteiger partial charge in [0.2, 0.25) is 5.91 Å². The lowest BCUT2D eigenvalue weighted by atomic mass is 9.90. The van der Waals surface area contributed by atoms with Gasteiger partial charge < -0.3 is 5.32 Å². The Morgan fingerprint density at radius 3 is 2.19 bits per heavy atom. The summed E-state index contributed by atoms with van der Waals surface area (Å²) in [6.45, 7) is 0. The van der Waals surface area contributed by atoms with Gasteiger partial charge in [-0.2, -0.15) is 0 Å². The maximum atomic E-state index is 12.2. The molecule has 1 saturated carbocycles. The second kappa shape index (κ2) is 8.63. The lowest BCUT2D eigenvalue weighted by molar-refractivity contribution is -0.129. The van der Waals surface area contributed by atoms with Crippen LogP contribution in [-0.4, -0.2) is 17.0 Å². The minimum absolute atomic E-state index is 0.0392. The van der Waals surface area contributed by atoms with Crippen LogP contribution < -0.4 is 10.8 Å². The fourth-order valence-corrected chi connectivity index (χ4v) is 3.65. The van der Waals surface area contributed by atoms with Gasteiger partial charge in [-0.3, -0.25) is 14.8 Å². The molecule has 2 aromatic carbocycles. The third kappa shape index (κ3) is 4.49. The van der Waals surface area contributed by atoms with Crippen molar-refractivity contribution >= 4 is 17.5 Å². The molecular weight excluding hydrogens is 328 g/mol. The van der Waals surface area contributed by atoms with Gasteiger partial charge in [-0.25, -0.2) is 5.48 Å². The number of carbonyl (C=O) groups is 2. The predicted octanol–water partition coefficient (Wildman–Crippen LogP) is 3.84. The van der Waals surface area contributed by atoms with Gasteiger partial charge in [0.25, 0.3) is 5.91 Å². The summed E-state index contributed by atoms with van der Waals surface area (Å²) >= 11 is 0. The van der Waals surface area contributed by atoms with E-state index < -0.39 is 11.8 Å². The maximum absolute atomic E-state index is 12.2. The van der Waals surface area contributed by atoms with E-state index in [2.05, 4.69) is 5.32 Å². The van der Waals surface area contributed by atoms with E-state index in [0.29, 0.717) is 18.0 Å². The smallest absolute Gasteiger partial charge is 0.255 e. The predicted molar refractivity (Wildman–Crippen MR) is 99.9 cm³/mol. The minimum atomic E-state index is -0.607. The molecule has 2 amide bonds. The van der Waals surface area contributed by atoms with Gasteiger partial charge in [0.15, 0.2) is 0 Å². The van der Waals surface area contributed by atoms with Crippen LogP contribution in [0.4, 0.5) is 5.69 Å². The van der Waals surface area contributed by atoms with Crippen molar-refractivity contribution in [1.29, 1.82) is 0 Å². The zero-order valence-electron chi connectivity index (χ0n) is 14.7. The van der Waals surface area contributed by atoms with Crippen molar-refractivity contribution in [1.82, 2.24) is 5.48 Å². The Hall–Kier alpha value is -2.66. The standard InChI is InChI=1S/C21H24N2O3/c24-19(14-15-6-4-5-7-15)22-18-12-10-17(11-13-18)20(21(25)23-26)16-8-2-1-3-9-16/h1-3,8-13,15,20,26H,4-7,14H2,(H,22,24)(H,23,25). The molecule has 5 nitrogen and oxygen atoms in total. The molecule has 0 spiro atoms. The minimum Gasteiger partial charge on any atom is -0.326 e. The second-order valence-corrected chi connectivity index (χ2v) is 6.84. The van der Waals surface area contributed by atoms with Crippen LogP contribution in [0.3, 0.4) is 0 Å². The molecule has 1 unspecified atom stereocenters. The van der Waals surface area contributed by atoms with Crippen LogP contribution in [0.15, 0.2) is 54.6 Å². The van der Waals surface area contributed by atoms with Crippen LogP contribution in [0.25, 0.3) is 0 Å². The number of benzene rings is 2. The normalized spacial score (nSPS) is 15.4. The molecule has 1 aliphatic rings. The first-order valence-electron chi connectivity index (χ1n) is 9.06. The number of hydrogen-bond acceptors (Lipinski definition) is 3. The molecule has 2 aromatic rings. The summed E-state index contributed by atoms with van der Waals surface area (Å²) in [6, 6.07) is 16.5. The van der Waals surface area contributed by atoms with Crippen LogP contribution in [0.2, 0.25) is 0 Å². The molecule has 0 saturated heterocycles. The number of amides is 2. The average molecular weight is 352 g/mol. The molecule has 3 N–H and O–H groups in total. The monoisotopic (exact) mass is 352 g/mol. The summed E-state index contributed by atoms with van der Waals surface area (Å²) in [6.07, 6.45) is 5.30. The van der Waals surface area contributed by atoms with E-state index in [9.17, 15) is 9.59 Å². The molecule has 0 aliphatic heterocycles. The van der Waals surface area contributed by atoms with E-state index in [1.54, 1.807) is 29.7 Å². The highest BCUT2D eigenvalue weighted by Gasteiger charge is 2.22. The van der Waals surface area contributed by atoms with Crippen LogP contribution in [0.1, 0.15) is 49.1 Å². The highest BCUT2D eigenvalue weighted by atomic mass is 16.5. The fourth-order valence-electron chi connectivity index (χ4n) is 3.65. The first-order chi connectivity index (χ1) is 12.7. The number of anilines is 1. The largest absolute Gasteiger partial charge is 0.326 e. The van der Waals surface area contributed by atoms with E-state index >= 15 is 0 Å². The van der Waals surface area contributed by atoms with Crippen LogP contribution >= 0.6 is 0 Å². The van der Waals surface area contributed by atoms with Crippen molar-refractivity contribution in [2.75, 3.05) is 5.32 Å². The molecular formula is C21H24N2O3. The van der Waals surface area contributed by atoms with Crippen molar-refractivity contribution in [3.8, 4) is 0 Å². The van der Waals surface area contributed by atoms with Gasteiger partial charge in [-0.15, -0.1) is 0 Å². The summed E-state index contributed by atoms with van der Waals surface area (Å²) in [4.78, 5) is 24.3. The van der Waals surface area contributed by atoms with Gasteiger partial charge in [0, 0.05) is 12.1 Å². The molecule has 3 rings (SSSR count). The molecule has 26 heavy (non-hydrogen) atoms. The van der Waals surface area contributed by atoms with Crippen LogP contribution in [0, 0.1) is 5.92 Å². The zero-order valence-corrected chi connectivity index (χ0v) is 14.7.